The van der Waals surface area contributed by atoms with Crippen molar-refractivity contribution in [3.8, 4) is 0 Å². The SMILES string of the molecule is NC1CCCC(C(=O)Nc2ccc(Cl)c3ncccc23)C1. The maximum atomic E-state index is 12.4. The van der Waals surface area contributed by atoms with E-state index in [9.17, 15) is 4.79 Å². The summed E-state index contributed by atoms with van der Waals surface area (Å²) in [5.74, 6) is 0.0359. The molecule has 2 unspecified atom stereocenters. The normalized spacial score (nSPS) is 22.2. The Hall–Kier alpha value is -1.65. The summed E-state index contributed by atoms with van der Waals surface area (Å²) in [5.41, 5.74) is 7.42. The lowest BCUT2D eigenvalue weighted by molar-refractivity contribution is -0.120. The molecule has 1 heterocycles. The van der Waals surface area contributed by atoms with Gasteiger partial charge >= 0.3 is 0 Å². The number of halogens is 1. The van der Waals surface area contributed by atoms with Crippen LogP contribution in [0, 0.1) is 5.92 Å². The summed E-state index contributed by atoms with van der Waals surface area (Å²) in [6.07, 6.45) is 5.39. The van der Waals surface area contributed by atoms with Gasteiger partial charge in [-0.1, -0.05) is 18.0 Å². The number of carbonyl (C=O) groups excluding carboxylic acids is 1. The number of amides is 1. The van der Waals surface area contributed by atoms with Crippen LogP contribution in [-0.2, 0) is 4.79 Å². The van der Waals surface area contributed by atoms with Crippen LogP contribution in [0.4, 0.5) is 5.69 Å². The molecule has 2 atom stereocenters. The van der Waals surface area contributed by atoms with Gasteiger partial charge in [0.05, 0.1) is 16.2 Å². The molecule has 1 amide bonds. The number of anilines is 1. The van der Waals surface area contributed by atoms with Crippen molar-refractivity contribution in [2.24, 2.45) is 11.7 Å². The molecule has 1 saturated carbocycles. The second-order valence-electron chi connectivity index (χ2n) is 5.61. The molecule has 0 saturated heterocycles. The second kappa shape index (κ2) is 6.00. The third-order valence-electron chi connectivity index (χ3n) is 4.06. The molecule has 0 spiro atoms. The molecular formula is C16H18ClN3O. The summed E-state index contributed by atoms with van der Waals surface area (Å²) in [6, 6.07) is 7.48. The van der Waals surface area contributed by atoms with Crippen LogP contribution in [0.25, 0.3) is 10.9 Å². The molecule has 0 aliphatic heterocycles. The summed E-state index contributed by atoms with van der Waals surface area (Å²) < 4.78 is 0. The monoisotopic (exact) mass is 303 g/mol. The van der Waals surface area contributed by atoms with Crippen LogP contribution in [0.3, 0.4) is 0 Å². The number of pyridine rings is 1. The van der Waals surface area contributed by atoms with Crippen molar-refractivity contribution in [2.45, 2.75) is 31.7 Å². The molecule has 0 radical (unpaired) electrons. The first-order valence-corrected chi connectivity index (χ1v) is 7.62. The number of nitrogens with zero attached hydrogens (tertiary/aromatic N) is 1. The number of rotatable bonds is 2. The Labute approximate surface area is 128 Å². The van der Waals surface area contributed by atoms with Gasteiger partial charge < -0.3 is 11.1 Å². The van der Waals surface area contributed by atoms with Crippen LogP contribution in [0.1, 0.15) is 25.7 Å². The molecular weight excluding hydrogens is 286 g/mol. The van der Waals surface area contributed by atoms with E-state index in [4.69, 9.17) is 17.3 Å². The minimum absolute atomic E-state index is 0.00357. The highest BCUT2D eigenvalue weighted by atomic mass is 35.5. The largest absolute Gasteiger partial charge is 0.328 e. The molecule has 1 aliphatic carbocycles. The van der Waals surface area contributed by atoms with Crippen LogP contribution in [0.15, 0.2) is 30.5 Å². The second-order valence-corrected chi connectivity index (χ2v) is 6.01. The Kier molecular flexibility index (Phi) is 4.08. The summed E-state index contributed by atoms with van der Waals surface area (Å²) in [5, 5.41) is 4.46. The molecule has 1 aliphatic rings. The van der Waals surface area contributed by atoms with E-state index in [0.29, 0.717) is 10.5 Å². The topological polar surface area (TPSA) is 68.0 Å². The van der Waals surface area contributed by atoms with Crippen molar-refractivity contribution in [3.63, 3.8) is 0 Å². The quantitative estimate of drug-likeness (QED) is 0.894. The maximum absolute atomic E-state index is 12.4. The van der Waals surface area contributed by atoms with E-state index in [1.54, 1.807) is 12.3 Å². The number of nitrogens with one attached hydrogen (secondary N) is 1. The van der Waals surface area contributed by atoms with Crippen LogP contribution < -0.4 is 11.1 Å². The molecule has 0 bridgehead atoms. The van der Waals surface area contributed by atoms with E-state index in [0.717, 1.165) is 36.8 Å². The van der Waals surface area contributed by atoms with Crippen molar-refractivity contribution in [1.29, 1.82) is 0 Å². The molecule has 4 nitrogen and oxygen atoms in total. The number of carbonyl (C=O) groups is 1. The van der Waals surface area contributed by atoms with Gasteiger partial charge in [-0.2, -0.15) is 0 Å². The van der Waals surface area contributed by atoms with Gasteiger partial charge in [-0.3, -0.25) is 9.78 Å². The maximum Gasteiger partial charge on any atom is 0.227 e. The zero-order valence-electron chi connectivity index (χ0n) is 11.7. The highest BCUT2D eigenvalue weighted by Crippen LogP contribution is 2.30. The molecule has 21 heavy (non-hydrogen) atoms. The number of aromatic nitrogens is 1. The molecule has 1 fully saturated rings. The standard InChI is InChI=1S/C16H18ClN3O/c17-13-6-7-14(12-5-2-8-19-15(12)13)20-16(21)10-3-1-4-11(18)9-10/h2,5-8,10-11H,1,3-4,9,18H2,(H,20,21). The number of hydrogen-bond donors (Lipinski definition) is 2. The summed E-state index contributed by atoms with van der Waals surface area (Å²) >= 11 is 6.14. The lowest BCUT2D eigenvalue weighted by atomic mass is 9.85. The minimum atomic E-state index is -0.00357. The van der Waals surface area contributed by atoms with E-state index in [1.807, 2.05) is 18.2 Å². The number of fused-ring (bicyclic) bond motifs is 1. The van der Waals surface area contributed by atoms with Gasteiger partial charge in [-0.15, -0.1) is 0 Å². The fraction of sp³-hybridized carbons (Fsp3) is 0.375. The fourth-order valence-corrected chi connectivity index (χ4v) is 3.16. The number of benzene rings is 1. The van der Waals surface area contributed by atoms with E-state index in [2.05, 4.69) is 10.3 Å². The van der Waals surface area contributed by atoms with Crippen LogP contribution in [0.2, 0.25) is 5.02 Å². The van der Waals surface area contributed by atoms with Gasteiger partial charge in [-0.25, -0.2) is 0 Å². The van der Waals surface area contributed by atoms with Crippen molar-refractivity contribution in [2.75, 3.05) is 5.32 Å². The average molecular weight is 304 g/mol. The van der Waals surface area contributed by atoms with E-state index < -0.39 is 0 Å². The van der Waals surface area contributed by atoms with E-state index >= 15 is 0 Å². The zero-order valence-corrected chi connectivity index (χ0v) is 12.4. The first-order valence-electron chi connectivity index (χ1n) is 7.25. The first-order chi connectivity index (χ1) is 10.1. The van der Waals surface area contributed by atoms with Gasteiger partial charge in [0.25, 0.3) is 0 Å². The number of hydrogen-bond acceptors (Lipinski definition) is 3. The summed E-state index contributed by atoms with van der Waals surface area (Å²) in [4.78, 5) is 16.7. The van der Waals surface area contributed by atoms with E-state index in [-0.39, 0.29) is 17.9 Å². The summed E-state index contributed by atoms with van der Waals surface area (Å²) in [7, 11) is 0. The average Bonchev–Trinajstić information content (AvgIpc) is 2.50. The molecule has 1 aromatic heterocycles. The first kappa shape index (κ1) is 14.3. The van der Waals surface area contributed by atoms with Crippen LogP contribution in [0.5, 0.6) is 0 Å². The van der Waals surface area contributed by atoms with Gasteiger partial charge in [-0.05, 0) is 43.5 Å². The zero-order chi connectivity index (χ0) is 14.8. The van der Waals surface area contributed by atoms with Crippen molar-refractivity contribution < 1.29 is 4.79 Å². The predicted molar refractivity (Wildman–Crippen MR) is 85.3 cm³/mol. The lowest BCUT2D eigenvalue weighted by Crippen LogP contribution is -2.34. The Morgan fingerprint density at radius 1 is 1.33 bits per heavy atom. The number of nitrogens with two attached hydrogens (primary N) is 1. The van der Waals surface area contributed by atoms with Crippen molar-refractivity contribution >= 4 is 34.1 Å². The molecule has 3 rings (SSSR count). The smallest absolute Gasteiger partial charge is 0.227 e. The molecule has 110 valence electrons. The van der Waals surface area contributed by atoms with Gasteiger partial charge in [0.2, 0.25) is 5.91 Å². The highest BCUT2D eigenvalue weighted by molar-refractivity contribution is 6.35. The Morgan fingerprint density at radius 3 is 3.00 bits per heavy atom. The Balaban J connectivity index is 1.85. The third-order valence-corrected chi connectivity index (χ3v) is 4.37. The third kappa shape index (κ3) is 3.01. The molecule has 3 N–H and O–H groups in total. The van der Waals surface area contributed by atoms with Crippen LogP contribution >= 0.6 is 11.6 Å². The van der Waals surface area contributed by atoms with Gasteiger partial charge in [0.1, 0.15) is 0 Å². The molecule has 5 heteroatoms. The van der Waals surface area contributed by atoms with Gasteiger partial charge in [0, 0.05) is 23.5 Å². The van der Waals surface area contributed by atoms with Crippen molar-refractivity contribution in [3.05, 3.63) is 35.5 Å². The fourth-order valence-electron chi connectivity index (χ4n) is 2.95. The Bertz CT molecular complexity index is 674. The van der Waals surface area contributed by atoms with Crippen LogP contribution in [-0.4, -0.2) is 16.9 Å². The Morgan fingerprint density at radius 2 is 2.19 bits per heavy atom. The lowest BCUT2D eigenvalue weighted by Gasteiger charge is -2.25. The highest BCUT2D eigenvalue weighted by Gasteiger charge is 2.25. The molecule has 2 aromatic rings. The minimum Gasteiger partial charge on any atom is -0.328 e. The predicted octanol–water partition coefficient (Wildman–Crippen LogP) is 3.34. The summed E-state index contributed by atoms with van der Waals surface area (Å²) in [6.45, 7) is 0. The molecule has 1 aromatic carbocycles. The van der Waals surface area contributed by atoms with E-state index in [1.165, 1.54) is 0 Å². The van der Waals surface area contributed by atoms with Gasteiger partial charge in [0.15, 0.2) is 0 Å². The van der Waals surface area contributed by atoms with Crippen molar-refractivity contribution in [1.82, 2.24) is 4.98 Å².